The third kappa shape index (κ3) is 2.13. The van der Waals surface area contributed by atoms with Crippen LogP contribution in [0.4, 0.5) is 0 Å². The maximum absolute atomic E-state index is 3.67. The molecular formula is C10H11Br2S+. The van der Waals surface area contributed by atoms with Gasteiger partial charge >= 0.3 is 0 Å². The molecule has 0 N–H and O–H groups in total. The van der Waals surface area contributed by atoms with Crippen molar-refractivity contribution in [2.24, 2.45) is 0 Å². The minimum Gasteiger partial charge on any atom is -0.0669 e. The highest BCUT2D eigenvalue weighted by Crippen LogP contribution is 2.56. The zero-order valence-corrected chi connectivity index (χ0v) is 11.3. The average Bonchev–Trinajstić information content (AvgIpc) is 2.76. The Bertz CT molecular complexity index is 297. The Morgan fingerprint density at radius 1 is 1.31 bits per heavy atom. The van der Waals surface area contributed by atoms with Gasteiger partial charge in [0.25, 0.3) is 0 Å². The van der Waals surface area contributed by atoms with E-state index in [-0.39, 0.29) is 3.23 Å². The smallest absolute Gasteiger partial charge is 0.0669 e. The summed E-state index contributed by atoms with van der Waals surface area (Å²) in [5.41, 5.74) is 0. The second-order valence-corrected chi connectivity index (χ2v) is 9.37. The summed E-state index contributed by atoms with van der Waals surface area (Å²) in [6.45, 7) is 0. The van der Waals surface area contributed by atoms with Gasteiger partial charge in [-0.25, -0.2) is 0 Å². The van der Waals surface area contributed by atoms with Crippen LogP contribution in [0.2, 0.25) is 0 Å². The molecule has 2 unspecified atom stereocenters. The fourth-order valence-electron chi connectivity index (χ4n) is 1.37. The highest BCUT2D eigenvalue weighted by Gasteiger charge is 2.60. The van der Waals surface area contributed by atoms with E-state index in [1.807, 2.05) is 0 Å². The van der Waals surface area contributed by atoms with Crippen LogP contribution in [-0.2, 0) is 10.9 Å². The summed E-state index contributed by atoms with van der Waals surface area (Å²) in [6.07, 6.45) is 3.56. The Morgan fingerprint density at radius 2 is 1.85 bits per heavy atom. The molecule has 0 aromatic heterocycles. The van der Waals surface area contributed by atoms with Crippen molar-refractivity contribution in [3.05, 3.63) is 30.3 Å². The van der Waals surface area contributed by atoms with Crippen molar-refractivity contribution in [1.29, 1.82) is 0 Å². The first kappa shape index (κ1) is 10.1. The van der Waals surface area contributed by atoms with E-state index in [9.17, 15) is 0 Å². The number of rotatable bonds is 2. The lowest BCUT2D eigenvalue weighted by molar-refractivity contribution is 1.38. The van der Waals surface area contributed by atoms with E-state index in [0.717, 1.165) is 5.25 Å². The first-order chi connectivity index (χ1) is 6.11. The van der Waals surface area contributed by atoms with E-state index in [1.165, 1.54) is 11.3 Å². The molecule has 0 heterocycles. The monoisotopic (exact) mass is 321 g/mol. The summed E-state index contributed by atoms with van der Waals surface area (Å²) in [5.74, 6) is 0. The normalized spacial score (nSPS) is 26.8. The maximum atomic E-state index is 3.67. The minimum atomic E-state index is 0.230. The van der Waals surface area contributed by atoms with Crippen molar-refractivity contribution >= 4 is 42.8 Å². The van der Waals surface area contributed by atoms with Gasteiger partial charge in [-0.15, -0.1) is 0 Å². The molecule has 0 saturated heterocycles. The standard InChI is InChI=1S/C10H11Br2S/c1-13(9-7-10(9,11)12)8-5-3-2-4-6-8/h2-6,9H,7H2,1H3/q+1. The summed E-state index contributed by atoms with van der Waals surface area (Å²) in [7, 11) is 0.363. The second kappa shape index (κ2) is 3.59. The molecule has 0 nitrogen and oxygen atoms in total. The van der Waals surface area contributed by atoms with Crippen LogP contribution in [-0.4, -0.2) is 14.7 Å². The summed E-state index contributed by atoms with van der Waals surface area (Å²) in [6, 6.07) is 10.7. The molecule has 1 aromatic rings. The predicted octanol–water partition coefficient (Wildman–Crippen LogP) is 3.55. The Hall–Kier alpha value is 0.530. The first-order valence-corrected chi connectivity index (χ1v) is 7.47. The van der Waals surface area contributed by atoms with Gasteiger partial charge in [0.05, 0.1) is 0 Å². The molecule has 1 aliphatic carbocycles. The van der Waals surface area contributed by atoms with Crippen LogP contribution in [0.15, 0.2) is 35.2 Å². The van der Waals surface area contributed by atoms with Gasteiger partial charge in [-0.05, 0) is 12.1 Å². The SMILES string of the molecule is C[S+](c1ccccc1)C1CC1(Br)Br. The van der Waals surface area contributed by atoms with Crippen molar-refractivity contribution in [3.63, 3.8) is 0 Å². The van der Waals surface area contributed by atoms with Gasteiger partial charge < -0.3 is 0 Å². The Labute approximate surface area is 98.7 Å². The topological polar surface area (TPSA) is 0 Å². The zero-order chi connectivity index (χ0) is 9.47. The van der Waals surface area contributed by atoms with Gasteiger partial charge in [0.2, 0.25) is 0 Å². The van der Waals surface area contributed by atoms with Crippen LogP contribution in [0, 0.1) is 0 Å². The lowest BCUT2D eigenvalue weighted by Gasteiger charge is -2.02. The molecule has 0 amide bonds. The number of alkyl halides is 2. The molecule has 2 rings (SSSR count). The molecular weight excluding hydrogens is 312 g/mol. The molecule has 0 spiro atoms. The van der Waals surface area contributed by atoms with Crippen LogP contribution in [0.1, 0.15) is 6.42 Å². The second-order valence-electron chi connectivity index (χ2n) is 3.32. The van der Waals surface area contributed by atoms with Crippen molar-refractivity contribution < 1.29 is 0 Å². The molecule has 0 radical (unpaired) electrons. The van der Waals surface area contributed by atoms with Crippen molar-refractivity contribution in [2.45, 2.75) is 19.8 Å². The highest BCUT2D eigenvalue weighted by molar-refractivity contribution is 9.25. The Kier molecular flexibility index (Phi) is 2.78. The van der Waals surface area contributed by atoms with E-state index in [0.29, 0.717) is 10.9 Å². The number of hydrogen-bond donors (Lipinski definition) is 0. The summed E-state index contributed by atoms with van der Waals surface area (Å²) >= 11 is 7.35. The third-order valence-electron chi connectivity index (χ3n) is 2.31. The molecule has 1 aromatic carbocycles. The lowest BCUT2D eigenvalue weighted by Crippen LogP contribution is -2.10. The average molecular weight is 323 g/mol. The van der Waals surface area contributed by atoms with E-state index in [4.69, 9.17) is 0 Å². The minimum absolute atomic E-state index is 0.230. The van der Waals surface area contributed by atoms with Gasteiger partial charge in [0.1, 0.15) is 9.49 Å². The third-order valence-corrected chi connectivity index (χ3v) is 7.11. The van der Waals surface area contributed by atoms with Crippen LogP contribution in [0.3, 0.4) is 0 Å². The van der Waals surface area contributed by atoms with Crippen molar-refractivity contribution in [2.75, 3.05) is 6.26 Å². The quantitative estimate of drug-likeness (QED) is 0.577. The van der Waals surface area contributed by atoms with Crippen molar-refractivity contribution in [3.8, 4) is 0 Å². The van der Waals surface area contributed by atoms with E-state index in [1.54, 1.807) is 0 Å². The summed E-state index contributed by atoms with van der Waals surface area (Å²) in [5, 5.41) is 0.759. The molecule has 0 aliphatic heterocycles. The Morgan fingerprint density at radius 3 is 2.31 bits per heavy atom. The first-order valence-electron chi connectivity index (χ1n) is 4.19. The number of benzene rings is 1. The predicted molar refractivity (Wildman–Crippen MR) is 67.0 cm³/mol. The molecule has 13 heavy (non-hydrogen) atoms. The highest BCUT2D eigenvalue weighted by atomic mass is 79.9. The van der Waals surface area contributed by atoms with E-state index in [2.05, 4.69) is 68.4 Å². The number of hydrogen-bond acceptors (Lipinski definition) is 0. The maximum Gasteiger partial charge on any atom is 0.154 e. The van der Waals surface area contributed by atoms with Gasteiger partial charge in [0.15, 0.2) is 10.1 Å². The molecule has 0 bridgehead atoms. The molecule has 2 atom stereocenters. The fourth-order valence-corrected chi connectivity index (χ4v) is 6.07. The van der Waals surface area contributed by atoms with E-state index < -0.39 is 0 Å². The van der Waals surface area contributed by atoms with Gasteiger partial charge in [0, 0.05) is 17.3 Å². The molecule has 3 heteroatoms. The molecule has 1 fully saturated rings. The lowest BCUT2D eigenvalue weighted by atomic mass is 10.4. The molecule has 1 saturated carbocycles. The summed E-state index contributed by atoms with van der Waals surface area (Å²) in [4.78, 5) is 1.47. The van der Waals surface area contributed by atoms with Crippen molar-refractivity contribution in [1.82, 2.24) is 0 Å². The largest absolute Gasteiger partial charge is 0.154 e. The molecule has 1 aliphatic rings. The Balaban J connectivity index is 2.12. The van der Waals surface area contributed by atoms with Gasteiger partial charge in [-0.1, -0.05) is 50.1 Å². The summed E-state index contributed by atoms with van der Waals surface area (Å²) < 4.78 is 0.230. The van der Waals surface area contributed by atoms with Crippen LogP contribution >= 0.6 is 31.9 Å². The van der Waals surface area contributed by atoms with E-state index >= 15 is 0 Å². The van der Waals surface area contributed by atoms with Crippen LogP contribution < -0.4 is 0 Å². The fraction of sp³-hybridized carbons (Fsp3) is 0.400. The van der Waals surface area contributed by atoms with Crippen LogP contribution in [0.5, 0.6) is 0 Å². The number of halogens is 2. The molecule has 70 valence electrons. The van der Waals surface area contributed by atoms with Crippen LogP contribution in [0.25, 0.3) is 0 Å². The van der Waals surface area contributed by atoms with Gasteiger partial charge in [-0.2, -0.15) is 0 Å². The van der Waals surface area contributed by atoms with Gasteiger partial charge in [-0.3, -0.25) is 0 Å². The zero-order valence-electron chi connectivity index (χ0n) is 7.34.